The minimum Gasteiger partial charge on any atom is -0.497 e. The third-order valence-corrected chi connectivity index (χ3v) is 5.21. The van der Waals surface area contributed by atoms with E-state index in [0.29, 0.717) is 6.04 Å². The average molecular weight is 251 g/mol. The number of benzene rings is 1. The Morgan fingerprint density at radius 3 is 2.47 bits per heavy atom. The molecule has 94 valence electrons. The standard InChI is InChI=1S/C14H21NOS/c1-10-13(15-2)8-9-14(10)17-12-6-4-11(16-3)5-7-12/h4-7,10,13-15H,8-9H2,1-3H3. The maximum absolute atomic E-state index is 5.18. The predicted octanol–water partition coefficient (Wildman–Crippen LogP) is 3.17. The average Bonchev–Trinajstić information content (AvgIpc) is 2.71. The van der Waals surface area contributed by atoms with Gasteiger partial charge in [0.1, 0.15) is 5.75 Å². The Labute approximate surface area is 108 Å². The highest BCUT2D eigenvalue weighted by molar-refractivity contribution is 8.00. The predicted molar refractivity (Wildman–Crippen MR) is 73.9 cm³/mol. The van der Waals surface area contributed by atoms with Gasteiger partial charge >= 0.3 is 0 Å². The van der Waals surface area contributed by atoms with Gasteiger partial charge in [0.05, 0.1) is 7.11 Å². The van der Waals surface area contributed by atoms with E-state index in [9.17, 15) is 0 Å². The molecule has 0 bridgehead atoms. The van der Waals surface area contributed by atoms with E-state index in [1.165, 1.54) is 17.7 Å². The fourth-order valence-electron chi connectivity index (χ4n) is 2.53. The smallest absolute Gasteiger partial charge is 0.118 e. The second kappa shape index (κ2) is 5.78. The van der Waals surface area contributed by atoms with Crippen LogP contribution in [0.25, 0.3) is 0 Å². The molecule has 1 N–H and O–H groups in total. The van der Waals surface area contributed by atoms with Crippen LogP contribution in [0.1, 0.15) is 19.8 Å². The molecule has 1 aromatic carbocycles. The minimum atomic E-state index is 0.686. The Balaban J connectivity index is 1.96. The number of thioether (sulfide) groups is 1. The molecule has 0 heterocycles. The molecule has 1 aliphatic carbocycles. The highest BCUT2D eigenvalue weighted by atomic mass is 32.2. The van der Waals surface area contributed by atoms with Crippen molar-refractivity contribution in [1.82, 2.24) is 5.32 Å². The minimum absolute atomic E-state index is 0.686. The van der Waals surface area contributed by atoms with Crippen molar-refractivity contribution in [1.29, 1.82) is 0 Å². The van der Waals surface area contributed by atoms with E-state index >= 15 is 0 Å². The van der Waals surface area contributed by atoms with Crippen LogP contribution in [0.2, 0.25) is 0 Å². The Morgan fingerprint density at radius 2 is 1.94 bits per heavy atom. The highest BCUT2D eigenvalue weighted by Crippen LogP contribution is 2.39. The summed E-state index contributed by atoms with van der Waals surface area (Å²) in [6.45, 7) is 2.36. The van der Waals surface area contributed by atoms with Gasteiger partial charge < -0.3 is 10.1 Å². The molecule has 3 atom stereocenters. The van der Waals surface area contributed by atoms with Crippen molar-refractivity contribution in [2.24, 2.45) is 5.92 Å². The molecule has 0 spiro atoms. The summed E-state index contributed by atoms with van der Waals surface area (Å²) in [4.78, 5) is 1.35. The summed E-state index contributed by atoms with van der Waals surface area (Å²) in [5.74, 6) is 1.68. The summed E-state index contributed by atoms with van der Waals surface area (Å²) in [7, 11) is 3.78. The quantitative estimate of drug-likeness (QED) is 0.888. The summed E-state index contributed by atoms with van der Waals surface area (Å²) in [5, 5.41) is 4.15. The third kappa shape index (κ3) is 2.96. The molecule has 1 fully saturated rings. The van der Waals surface area contributed by atoms with E-state index in [0.717, 1.165) is 16.9 Å². The van der Waals surface area contributed by atoms with Crippen LogP contribution in [-0.4, -0.2) is 25.4 Å². The number of rotatable bonds is 4. The van der Waals surface area contributed by atoms with Crippen LogP contribution in [0.15, 0.2) is 29.2 Å². The Bertz CT molecular complexity index is 352. The van der Waals surface area contributed by atoms with Gasteiger partial charge in [-0.25, -0.2) is 0 Å². The summed E-state index contributed by atoms with van der Waals surface area (Å²) < 4.78 is 5.18. The van der Waals surface area contributed by atoms with Crippen LogP contribution in [0.3, 0.4) is 0 Å². The zero-order chi connectivity index (χ0) is 12.3. The van der Waals surface area contributed by atoms with E-state index in [1.54, 1.807) is 7.11 Å². The van der Waals surface area contributed by atoms with Crippen LogP contribution >= 0.6 is 11.8 Å². The fourth-order valence-corrected chi connectivity index (χ4v) is 3.83. The van der Waals surface area contributed by atoms with Gasteiger partial charge in [-0.15, -0.1) is 11.8 Å². The van der Waals surface area contributed by atoms with Crippen LogP contribution in [0.5, 0.6) is 5.75 Å². The molecule has 1 saturated carbocycles. The van der Waals surface area contributed by atoms with Gasteiger partial charge in [0, 0.05) is 16.2 Å². The second-order valence-electron chi connectivity index (χ2n) is 4.66. The first kappa shape index (κ1) is 12.8. The molecule has 2 nitrogen and oxygen atoms in total. The van der Waals surface area contributed by atoms with Crippen molar-refractivity contribution in [3.63, 3.8) is 0 Å². The number of ether oxygens (including phenoxy) is 1. The molecule has 0 radical (unpaired) electrons. The molecule has 3 unspecified atom stereocenters. The molecule has 3 heteroatoms. The first-order valence-corrected chi connectivity index (χ1v) is 7.10. The van der Waals surface area contributed by atoms with E-state index in [-0.39, 0.29) is 0 Å². The molecule has 0 amide bonds. The lowest BCUT2D eigenvalue weighted by atomic mass is 10.1. The molecular formula is C14H21NOS. The lowest BCUT2D eigenvalue weighted by Crippen LogP contribution is -2.29. The second-order valence-corrected chi connectivity index (χ2v) is 5.98. The van der Waals surface area contributed by atoms with Crippen molar-refractivity contribution in [3.05, 3.63) is 24.3 Å². The molecular weight excluding hydrogens is 230 g/mol. The monoisotopic (exact) mass is 251 g/mol. The zero-order valence-electron chi connectivity index (χ0n) is 10.8. The largest absolute Gasteiger partial charge is 0.497 e. The Hall–Kier alpha value is -0.670. The maximum Gasteiger partial charge on any atom is 0.118 e. The van der Waals surface area contributed by atoms with Gasteiger partial charge in [-0.2, -0.15) is 0 Å². The van der Waals surface area contributed by atoms with Gasteiger partial charge in [0.25, 0.3) is 0 Å². The van der Waals surface area contributed by atoms with Gasteiger partial charge in [0.15, 0.2) is 0 Å². The fraction of sp³-hybridized carbons (Fsp3) is 0.571. The van der Waals surface area contributed by atoms with Crippen LogP contribution in [0.4, 0.5) is 0 Å². The molecule has 2 rings (SSSR count). The van der Waals surface area contributed by atoms with Crippen LogP contribution < -0.4 is 10.1 Å². The molecule has 0 saturated heterocycles. The highest BCUT2D eigenvalue weighted by Gasteiger charge is 2.32. The van der Waals surface area contributed by atoms with E-state index in [2.05, 4.69) is 31.4 Å². The summed E-state index contributed by atoms with van der Waals surface area (Å²) >= 11 is 2.00. The van der Waals surface area contributed by atoms with Crippen molar-refractivity contribution in [2.45, 2.75) is 36.0 Å². The lowest BCUT2D eigenvalue weighted by molar-refractivity contribution is 0.414. The number of methoxy groups -OCH3 is 1. The summed E-state index contributed by atoms with van der Waals surface area (Å²) in [6.07, 6.45) is 2.61. The normalized spacial score (nSPS) is 28.3. The SMILES string of the molecule is CNC1CCC(Sc2ccc(OC)cc2)C1C. The number of hydrogen-bond acceptors (Lipinski definition) is 3. The van der Waals surface area contributed by atoms with E-state index < -0.39 is 0 Å². The third-order valence-electron chi connectivity index (χ3n) is 3.70. The molecule has 17 heavy (non-hydrogen) atoms. The molecule has 1 aromatic rings. The van der Waals surface area contributed by atoms with Crippen molar-refractivity contribution in [3.8, 4) is 5.75 Å². The van der Waals surface area contributed by atoms with Crippen molar-refractivity contribution < 1.29 is 4.74 Å². The molecule has 0 aromatic heterocycles. The lowest BCUT2D eigenvalue weighted by Gasteiger charge is -2.19. The van der Waals surface area contributed by atoms with Gasteiger partial charge in [0.2, 0.25) is 0 Å². The molecule has 1 aliphatic rings. The van der Waals surface area contributed by atoms with Gasteiger partial charge in [-0.05, 0) is 50.1 Å². The first-order chi connectivity index (χ1) is 8.24. The Kier molecular flexibility index (Phi) is 4.35. The zero-order valence-corrected chi connectivity index (χ0v) is 11.6. The van der Waals surface area contributed by atoms with E-state index in [1.807, 2.05) is 23.9 Å². The van der Waals surface area contributed by atoms with Crippen molar-refractivity contribution in [2.75, 3.05) is 14.2 Å². The maximum atomic E-state index is 5.18. The Morgan fingerprint density at radius 1 is 1.24 bits per heavy atom. The topological polar surface area (TPSA) is 21.3 Å². The van der Waals surface area contributed by atoms with Gasteiger partial charge in [-0.1, -0.05) is 6.92 Å². The number of hydrogen-bond donors (Lipinski definition) is 1. The van der Waals surface area contributed by atoms with Gasteiger partial charge in [-0.3, -0.25) is 0 Å². The summed E-state index contributed by atoms with van der Waals surface area (Å²) in [6, 6.07) is 9.08. The van der Waals surface area contributed by atoms with E-state index in [4.69, 9.17) is 4.74 Å². The van der Waals surface area contributed by atoms with Crippen molar-refractivity contribution >= 4 is 11.8 Å². The first-order valence-electron chi connectivity index (χ1n) is 6.22. The molecule has 0 aliphatic heterocycles. The van der Waals surface area contributed by atoms with Crippen LogP contribution in [-0.2, 0) is 0 Å². The summed E-state index contributed by atoms with van der Waals surface area (Å²) in [5.41, 5.74) is 0. The number of nitrogens with one attached hydrogen (secondary N) is 1. The van der Waals surface area contributed by atoms with Crippen LogP contribution in [0, 0.1) is 5.92 Å².